The predicted molar refractivity (Wildman–Crippen MR) is 96.3 cm³/mol. The van der Waals surface area contributed by atoms with E-state index in [1.54, 1.807) is 12.1 Å². The van der Waals surface area contributed by atoms with Gasteiger partial charge in [-0.25, -0.2) is 4.99 Å². The first-order chi connectivity index (χ1) is 13.1. The van der Waals surface area contributed by atoms with Crippen molar-refractivity contribution in [2.24, 2.45) is 16.8 Å². The lowest BCUT2D eigenvalue weighted by molar-refractivity contribution is -0.763. The first kappa shape index (κ1) is 17.8. The highest BCUT2D eigenvalue weighted by Crippen LogP contribution is 2.47. The number of amides is 1. The van der Waals surface area contributed by atoms with E-state index >= 15 is 0 Å². The Labute approximate surface area is 157 Å². The SMILES string of the molecule is O=C(Cc1ccc(CO[N+](=O)[O-])cc1)N(C1=NCCO1)C(C1CC1)C1CC1. The number of nitrogens with zero attached hydrogens (tertiary/aromatic N) is 3. The number of carbonyl (C=O) groups excluding carboxylic acids is 1. The Morgan fingerprint density at radius 3 is 2.37 bits per heavy atom. The molecular formula is C19H23N3O5. The van der Waals surface area contributed by atoms with Crippen LogP contribution in [0, 0.1) is 22.0 Å². The van der Waals surface area contributed by atoms with Crippen LogP contribution in [0.4, 0.5) is 0 Å². The average Bonchev–Trinajstić information content (AvgIpc) is 3.59. The van der Waals surface area contributed by atoms with Crippen molar-refractivity contribution in [3.8, 4) is 0 Å². The fraction of sp³-hybridized carbons (Fsp3) is 0.579. The zero-order valence-electron chi connectivity index (χ0n) is 15.1. The number of amidine groups is 1. The van der Waals surface area contributed by atoms with Crippen molar-refractivity contribution in [2.75, 3.05) is 13.2 Å². The maximum absolute atomic E-state index is 13.2. The van der Waals surface area contributed by atoms with Crippen LogP contribution in [0.1, 0.15) is 36.8 Å². The molecular weight excluding hydrogens is 350 g/mol. The van der Waals surface area contributed by atoms with E-state index in [4.69, 9.17) is 4.74 Å². The predicted octanol–water partition coefficient (Wildman–Crippen LogP) is 2.34. The summed E-state index contributed by atoms with van der Waals surface area (Å²) in [5, 5.41) is 9.47. The third kappa shape index (κ3) is 4.37. The largest absolute Gasteiger partial charge is 0.463 e. The molecule has 1 aliphatic heterocycles. The molecule has 0 spiro atoms. The molecule has 1 amide bonds. The summed E-state index contributed by atoms with van der Waals surface area (Å²) in [6, 6.07) is 7.82. The number of hydrogen-bond donors (Lipinski definition) is 0. The molecule has 0 unspecified atom stereocenters. The third-order valence-electron chi connectivity index (χ3n) is 5.27. The van der Waals surface area contributed by atoms with Gasteiger partial charge in [-0.05, 0) is 48.6 Å². The number of aliphatic imine (C=N–C) groups is 1. The number of rotatable bonds is 8. The van der Waals surface area contributed by atoms with Crippen LogP contribution < -0.4 is 0 Å². The van der Waals surface area contributed by atoms with Crippen LogP contribution in [0.3, 0.4) is 0 Å². The van der Waals surface area contributed by atoms with Gasteiger partial charge in [-0.3, -0.25) is 9.69 Å². The summed E-state index contributed by atoms with van der Waals surface area (Å²) in [4.78, 5) is 34.0. The number of carbonyl (C=O) groups is 1. The topological polar surface area (TPSA) is 94.3 Å². The van der Waals surface area contributed by atoms with E-state index in [9.17, 15) is 14.9 Å². The number of hydrogen-bond acceptors (Lipinski definition) is 6. The molecule has 3 aliphatic rings. The molecule has 0 aromatic heterocycles. The van der Waals surface area contributed by atoms with E-state index in [0.717, 1.165) is 5.56 Å². The maximum Gasteiger partial charge on any atom is 0.294 e. The van der Waals surface area contributed by atoms with E-state index in [-0.39, 0.29) is 25.0 Å². The summed E-state index contributed by atoms with van der Waals surface area (Å²) in [5.41, 5.74) is 1.55. The van der Waals surface area contributed by atoms with Gasteiger partial charge >= 0.3 is 0 Å². The molecule has 1 aromatic rings. The molecule has 0 saturated heterocycles. The van der Waals surface area contributed by atoms with Gasteiger partial charge in [0.15, 0.2) is 0 Å². The Balaban J connectivity index is 1.46. The summed E-state index contributed by atoms with van der Waals surface area (Å²) in [7, 11) is 0. The molecule has 0 atom stereocenters. The van der Waals surface area contributed by atoms with Crippen molar-refractivity contribution >= 4 is 11.9 Å². The Morgan fingerprint density at radius 2 is 1.85 bits per heavy atom. The zero-order valence-corrected chi connectivity index (χ0v) is 15.1. The molecule has 2 saturated carbocycles. The van der Waals surface area contributed by atoms with Crippen LogP contribution in [0.25, 0.3) is 0 Å². The number of ether oxygens (including phenoxy) is 1. The number of benzene rings is 1. The second-order valence-corrected chi connectivity index (χ2v) is 7.43. The quantitative estimate of drug-likeness (QED) is 0.515. The smallest absolute Gasteiger partial charge is 0.294 e. The molecule has 1 heterocycles. The third-order valence-corrected chi connectivity index (χ3v) is 5.27. The molecule has 1 aromatic carbocycles. The van der Waals surface area contributed by atoms with Crippen LogP contribution in [-0.4, -0.2) is 41.1 Å². The molecule has 27 heavy (non-hydrogen) atoms. The van der Waals surface area contributed by atoms with Gasteiger partial charge in [-0.1, -0.05) is 24.3 Å². The maximum atomic E-state index is 13.2. The van der Waals surface area contributed by atoms with Crippen LogP contribution >= 0.6 is 0 Å². The fourth-order valence-electron chi connectivity index (χ4n) is 3.69. The van der Waals surface area contributed by atoms with Crippen LogP contribution in [0.5, 0.6) is 0 Å². The lowest BCUT2D eigenvalue weighted by Gasteiger charge is -2.31. The van der Waals surface area contributed by atoms with E-state index in [1.165, 1.54) is 25.7 Å². The molecule has 144 valence electrons. The molecule has 2 fully saturated rings. The van der Waals surface area contributed by atoms with E-state index in [1.807, 2.05) is 17.0 Å². The van der Waals surface area contributed by atoms with Crippen LogP contribution in [0.2, 0.25) is 0 Å². The minimum atomic E-state index is -0.812. The Kier molecular flexibility index (Phi) is 4.96. The van der Waals surface area contributed by atoms with Crippen molar-refractivity contribution in [3.63, 3.8) is 0 Å². The van der Waals surface area contributed by atoms with Gasteiger partial charge in [0.1, 0.15) is 13.2 Å². The second kappa shape index (κ2) is 7.54. The summed E-state index contributed by atoms with van der Waals surface area (Å²) in [5.74, 6) is 1.14. The first-order valence-corrected chi connectivity index (χ1v) is 9.46. The first-order valence-electron chi connectivity index (χ1n) is 9.46. The minimum absolute atomic E-state index is 0.00809. The molecule has 0 N–H and O–H groups in total. The summed E-state index contributed by atoms with van der Waals surface area (Å²) >= 11 is 0. The minimum Gasteiger partial charge on any atom is -0.463 e. The van der Waals surface area contributed by atoms with E-state index < -0.39 is 5.09 Å². The average molecular weight is 373 g/mol. The molecule has 2 aliphatic carbocycles. The highest BCUT2D eigenvalue weighted by atomic mass is 16.9. The van der Waals surface area contributed by atoms with Gasteiger partial charge in [0.25, 0.3) is 11.1 Å². The highest BCUT2D eigenvalue weighted by Gasteiger charge is 2.48. The van der Waals surface area contributed by atoms with Crippen molar-refractivity contribution in [1.82, 2.24) is 4.90 Å². The fourth-order valence-corrected chi connectivity index (χ4v) is 3.69. The molecule has 8 nitrogen and oxygen atoms in total. The second-order valence-electron chi connectivity index (χ2n) is 7.43. The van der Waals surface area contributed by atoms with Crippen molar-refractivity contribution in [1.29, 1.82) is 0 Å². The molecule has 0 radical (unpaired) electrons. The standard InChI is InChI=1S/C19H23N3O5/c23-17(11-13-1-3-14(4-2-13)12-27-22(24)25)21(19-20-9-10-26-19)18(15-5-6-15)16-7-8-16/h1-4,15-16,18H,5-12H2. The van der Waals surface area contributed by atoms with Crippen molar-refractivity contribution in [2.45, 2.75) is 44.8 Å². The van der Waals surface area contributed by atoms with Gasteiger partial charge in [-0.15, -0.1) is 10.1 Å². The van der Waals surface area contributed by atoms with Crippen molar-refractivity contribution in [3.05, 3.63) is 45.5 Å². The van der Waals surface area contributed by atoms with Crippen molar-refractivity contribution < 1.29 is 19.5 Å². The van der Waals surface area contributed by atoms with Gasteiger partial charge in [0, 0.05) is 6.04 Å². The van der Waals surface area contributed by atoms with Crippen LogP contribution in [-0.2, 0) is 27.4 Å². The Morgan fingerprint density at radius 1 is 1.22 bits per heavy atom. The molecule has 4 rings (SSSR count). The molecule has 8 heteroatoms. The van der Waals surface area contributed by atoms with Gasteiger partial charge in [0.2, 0.25) is 5.91 Å². The van der Waals surface area contributed by atoms with Gasteiger partial charge in [-0.2, -0.15) is 0 Å². The normalized spacial score (nSPS) is 18.8. The lowest BCUT2D eigenvalue weighted by Crippen LogP contribution is -2.48. The zero-order chi connectivity index (χ0) is 18.8. The monoisotopic (exact) mass is 373 g/mol. The summed E-state index contributed by atoms with van der Waals surface area (Å²) in [6.45, 7) is 1.04. The van der Waals surface area contributed by atoms with Gasteiger partial charge in [0.05, 0.1) is 13.0 Å². The van der Waals surface area contributed by atoms with Crippen LogP contribution in [0.15, 0.2) is 29.3 Å². The lowest BCUT2D eigenvalue weighted by atomic mass is 10.0. The van der Waals surface area contributed by atoms with Gasteiger partial charge < -0.3 is 9.57 Å². The molecule has 0 bridgehead atoms. The van der Waals surface area contributed by atoms with E-state index in [0.29, 0.717) is 36.6 Å². The summed E-state index contributed by atoms with van der Waals surface area (Å²) < 4.78 is 5.66. The Bertz CT molecular complexity index is 728. The summed E-state index contributed by atoms with van der Waals surface area (Å²) in [6.07, 6.45) is 4.94. The Hall–Kier alpha value is -2.64. The van der Waals surface area contributed by atoms with E-state index in [2.05, 4.69) is 9.83 Å². The highest BCUT2D eigenvalue weighted by molar-refractivity contribution is 5.96.